The number of hydrogen-bond acceptors (Lipinski definition) is 6. The van der Waals surface area contributed by atoms with Crippen LogP contribution in [0.25, 0.3) is 0 Å². The lowest BCUT2D eigenvalue weighted by molar-refractivity contribution is -0.384. The van der Waals surface area contributed by atoms with E-state index in [2.05, 4.69) is 24.1 Å². The van der Waals surface area contributed by atoms with Gasteiger partial charge in [-0.15, -0.1) is 11.3 Å². The Morgan fingerprint density at radius 3 is 2.67 bits per heavy atom. The predicted octanol–water partition coefficient (Wildman–Crippen LogP) is 3.87. The molecule has 2 aromatic rings. The smallest absolute Gasteiger partial charge is 0.311 e. The maximum atomic E-state index is 11.1. The highest BCUT2D eigenvalue weighted by Gasteiger charge is 2.23. The van der Waals surface area contributed by atoms with Gasteiger partial charge < -0.3 is 10.1 Å². The fraction of sp³-hybridized carbons (Fsp3) is 0.357. The molecule has 1 N–H and O–H groups in total. The molecule has 1 atom stereocenters. The first-order chi connectivity index (χ1) is 10.0. The summed E-state index contributed by atoms with van der Waals surface area (Å²) in [4.78, 5) is 16.0. The minimum Gasteiger partial charge on any atom is -0.481 e. The first-order valence-electron chi connectivity index (χ1n) is 6.52. The lowest BCUT2D eigenvalue weighted by Gasteiger charge is -2.21. The highest BCUT2D eigenvalue weighted by molar-refractivity contribution is 7.10. The Labute approximate surface area is 126 Å². The number of rotatable bonds is 6. The third-order valence-electron chi connectivity index (χ3n) is 3.06. The number of anilines is 1. The van der Waals surface area contributed by atoms with Crippen LogP contribution in [0.4, 0.5) is 11.5 Å². The zero-order chi connectivity index (χ0) is 15.4. The summed E-state index contributed by atoms with van der Waals surface area (Å²) in [5.41, 5.74) is -0.0574. The van der Waals surface area contributed by atoms with Crippen LogP contribution in [-0.2, 0) is 0 Å². The Bertz CT molecular complexity index is 614. The Morgan fingerprint density at radius 2 is 2.14 bits per heavy atom. The lowest BCUT2D eigenvalue weighted by Crippen LogP contribution is -2.17. The minimum atomic E-state index is -0.444. The zero-order valence-electron chi connectivity index (χ0n) is 12.1. The number of thiophene rings is 1. The maximum Gasteiger partial charge on any atom is 0.311 e. The fourth-order valence-electron chi connectivity index (χ4n) is 1.98. The van der Waals surface area contributed by atoms with Gasteiger partial charge in [0.05, 0.1) is 18.1 Å². The molecule has 0 radical (unpaired) electrons. The molecule has 0 bridgehead atoms. The first-order valence-corrected chi connectivity index (χ1v) is 7.40. The molecule has 112 valence electrons. The number of ether oxygens (including phenoxy) is 1. The number of aromatic nitrogens is 1. The second-order valence-electron chi connectivity index (χ2n) is 4.86. The normalized spacial score (nSPS) is 12.2. The lowest BCUT2D eigenvalue weighted by atomic mass is 10.0. The van der Waals surface area contributed by atoms with E-state index >= 15 is 0 Å². The summed E-state index contributed by atoms with van der Waals surface area (Å²) in [5, 5.41) is 16.3. The van der Waals surface area contributed by atoms with E-state index in [0.717, 1.165) is 4.88 Å². The van der Waals surface area contributed by atoms with Gasteiger partial charge in [0.2, 0.25) is 11.7 Å². The van der Waals surface area contributed by atoms with Gasteiger partial charge >= 0.3 is 5.69 Å². The Balaban J connectivity index is 2.37. The summed E-state index contributed by atoms with van der Waals surface area (Å²) in [5.74, 6) is 0.833. The van der Waals surface area contributed by atoms with Crippen LogP contribution in [0.5, 0.6) is 5.88 Å². The van der Waals surface area contributed by atoms with Crippen LogP contribution in [0.1, 0.15) is 24.8 Å². The van der Waals surface area contributed by atoms with Crippen molar-refractivity contribution in [1.29, 1.82) is 0 Å². The van der Waals surface area contributed by atoms with Crippen molar-refractivity contribution in [3.63, 3.8) is 0 Å². The molecule has 21 heavy (non-hydrogen) atoms. The van der Waals surface area contributed by atoms with Gasteiger partial charge in [0, 0.05) is 17.0 Å². The molecular weight excluding hydrogens is 290 g/mol. The van der Waals surface area contributed by atoms with Crippen molar-refractivity contribution < 1.29 is 9.66 Å². The average molecular weight is 307 g/mol. The average Bonchev–Trinajstić information content (AvgIpc) is 2.97. The first kappa shape index (κ1) is 15.2. The van der Waals surface area contributed by atoms with E-state index in [0.29, 0.717) is 5.88 Å². The van der Waals surface area contributed by atoms with E-state index in [1.807, 2.05) is 17.5 Å². The van der Waals surface area contributed by atoms with Gasteiger partial charge in [-0.3, -0.25) is 10.1 Å². The van der Waals surface area contributed by atoms with Crippen LogP contribution in [0, 0.1) is 16.0 Å². The third kappa shape index (κ3) is 3.49. The second-order valence-corrected chi connectivity index (χ2v) is 5.84. The SMILES string of the molecule is COc1ccc([N+](=O)[O-])c(NC(c2cccs2)C(C)C)n1. The van der Waals surface area contributed by atoms with Gasteiger partial charge in [0.25, 0.3) is 0 Å². The molecule has 2 aromatic heterocycles. The quantitative estimate of drug-likeness (QED) is 0.647. The van der Waals surface area contributed by atoms with Crippen molar-refractivity contribution >= 4 is 22.8 Å². The number of nitro groups is 1. The zero-order valence-corrected chi connectivity index (χ0v) is 12.9. The molecule has 0 fully saturated rings. The second kappa shape index (κ2) is 6.53. The summed E-state index contributed by atoms with van der Waals surface area (Å²) >= 11 is 1.61. The number of nitrogens with one attached hydrogen (secondary N) is 1. The highest BCUT2D eigenvalue weighted by atomic mass is 32.1. The molecule has 1 unspecified atom stereocenters. The highest BCUT2D eigenvalue weighted by Crippen LogP contribution is 2.33. The van der Waals surface area contributed by atoms with Crippen LogP contribution in [0.3, 0.4) is 0 Å². The third-order valence-corrected chi connectivity index (χ3v) is 4.02. The van der Waals surface area contributed by atoms with Gasteiger partial charge in [-0.1, -0.05) is 19.9 Å². The van der Waals surface area contributed by atoms with E-state index in [1.54, 1.807) is 11.3 Å². The predicted molar refractivity (Wildman–Crippen MR) is 83.0 cm³/mol. The standard InChI is InChI=1S/C14H17N3O3S/c1-9(2)13(11-5-4-8-21-11)16-14-10(17(18)19)6-7-12(15-14)20-3/h4-9,13H,1-3H3,(H,15,16). The Kier molecular flexibility index (Phi) is 4.74. The monoisotopic (exact) mass is 307 g/mol. The number of pyridine rings is 1. The largest absolute Gasteiger partial charge is 0.481 e. The summed E-state index contributed by atoms with van der Waals surface area (Å²) < 4.78 is 5.05. The molecule has 0 aromatic carbocycles. The molecule has 6 nitrogen and oxygen atoms in total. The van der Waals surface area contributed by atoms with Crippen molar-refractivity contribution in [3.8, 4) is 5.88 Å². The summed E-state index contributed by atoms with van der Waals surface area (Å²) in [6.07, 6.45) is 0. The Morgan fingerprint density at radius 1 is 1.38 bits per heavy atom. The van der Waals surface area contributed by atoms with Crippen molar-refractivity contribution in [3.05, 3.63) is 44.6 Å². The van der Waals surface area contributed by atoms with Gasteiger partial charge in [-0.2, -0.15) is 4.98 Å². The molecule has 0 aliphatic rings. The number of nitrogens with zero attached hydrogens (tertiary/aromatic N) is 2. The van der Waals surface area contributed by atoms with Crippen LogP contribution >= 0.6 is 11.3 Å². The molecule has 0 spiro atoms. The van der Waals surface area contributed by atoms with E-state index < -0.39 is 4.92 Å². The molecule has 0 saturated carbocycles. The van der Waals surface area contributed by atoms with Gasteiger partial charge in [0.1, 0.15) is 0 Å². The molecule has 0 amide bonds. The summed E-state index contributed by atoms with van der Waals surface area (Å²) in [7, 11) is 1.48. The van der Waals surface area contributed by atoms with Crippen molar-refractivity contribution in [2.24, 2.45) is 5.92 Å². The topological polar surface area (TPSA) is 77.3 Å². The van der Waals surface area contributed by atoms with E-state index in [9.17, 15) is 10.1 Å². The van der Waals surface area contributed by atoms with E-state index in [-0.39, 0.29) is 23.5 Å². The summed E-state index contributed by atoms with van der Waals surface area (Å²) in [6, 6.07) is 6.82. The van der Waals surface area contributed by atoms with Crippen LogP contribution in [0.2, 0.25) is 0 Å². The van der Waals surface area contributed by atoms with Crippen LogP contribution < -0.4 is 10.1 Å². The van der Waals surface area contributed by atoms with Crippen LogP contribution in [-0.4, -0.2) is 17.0 Å². The minimum absolute atomic E-state index is 0.0386. The number of methoxy groups -OCH3 is 1. The van der Waals surface area contributed by atoms with E-state index in [4.69, 9.17) is 4.74 Å². The molecule has 0 aliphatic heterocycles. The molecule has 7 heteroatoms. The van der Waals surface area contributed by atoms with E-state index in [1.165, 1.54) is 19.2 Å². The van der Waals surface area contributed by atoms with Gasteiger partial charge in [-0.25, -0.2) is 0 Å². The van der Waals surface area contributed by atoms with Crippen molar-refractivity contribution in [1.82, 2.24) is 4.98 Å². The van der Waals surface area contributed by atoms with Crippen molar-refractivity contribution in [2.75, 3.05) is 12.4 Å². The van der Waals surface area contributed by atoms with Crippen molar-refractivity contribution in [2.45, 2.75) is 19.9 Å². The fourth-order valence-corrected chi connectivity index (χ4v) is 2.93. The molecule has 0 saturated heterocycles. The summed E-state index contributed by atoms with van der Waals surface area (Å²) in [6.45, 7) is 4.12. The van der Waals surface area contributed by atoms with Gasteiger partial charge in [-0.05, 0) is 17.4 Å². The molecule has 2 rings (SSSR count). The number of hydrogen-bond donors (Lipinski definition) is 1. The molecule has 0 aliphatic carbocycles. The van der Waals surface area contributed by atoms with Gasteiger partial charge in [0.15, 0.2) is 0 Å². The molecular formula is C14H17N3O3S. The Hall–Kier alpha value is -2.15. The molecule has 2 heterocycles. The maximum absolute atomic E-state index is 11.1. The van der Waals surface area contributed by atoms with Crippen LogP contribution in [0.15, 0.2) is 29.6 Å².